The Morgan fingerprint density at radius 1 is 1.86 bits per heavy atom. The van der Waals surface area contributed by atoms with E-state index >= 15 is 0 Å². The van der Waals surface area contributed by atoms with Gasteiger partial charge in [-0.15, -0.1) is 0 Å². The molecule has 1 N–H and O–H groups in total. The third kappa shape index (κ3) is 5.56. The molecule has 0 saturated carbocycles. The van der Waals surface area contributed by atoms with Crippen LogP contribution in [0.15, 0.2) is 17.1 Å². The van der Waals surface area contributed by atoms with Gasteiger partial charge in [0.2, 0.25) is 0 Å². The Balaban J connectivity index is 2.92. The number of nitrogens with zero attached hydrogens (tertiary/aromatic N) is 1. The Morgan fingerprint density at radius 3 is 3.00 bits per heavy atom. The summed E-state index contributed by atoms with van der Waals surface area (Å²) in [6.45, 7) is 3.48. The molecule has 0 radical (unpaired) electrons. The molecule has 0 aromatic carbocycles. The molecule has 0 aliphatic heterocycles. The normalized spacial score (nSPS) is 9.29. The lowest BCUT2D eigenvalue weighted by molar-refractivity contribution is 0.911. The Labute approximate surface area is 47.7 Å². The minimum absolute atomic E-state index is 1.44. The van der Waals surface area contributed by atoms with E-state index in [1.165, 1.54) is 11.8 Å². The summed E-state index contributed by atoms with van der Waals surface area (Å²) in [4.78, 5) is 0. The van der Waals surface area contributed by atoms with Crippen molar-refractivity contribution in [3.63, 3.8) is 0 Å². The van der Waals surface area contributed by atoms with Gasteiger partial charge in [-0.3, -0.25) is 0 Å². The van der Waals surface area contributed by atoms with Gasteiger partial charge in [0, 0.05) is 7.05 Å². The SMILES string of the molecule is C=CSC=NNC. The van der Waals surface area contributed by atoms with Crippen LogP contribution in [0.3, 0.4) is 0 Å². The minimum Gasteiger partial charge on any atom is -0.313 e. The molecule has 0 aromatic rings. The summed E-state index contributed by atoms with van der Waals surface area (Å²) in [5, 5.41) is 5.39. The Bertz CT molecular complexity index is 70.1. The van der Waals surface area contributed by atoms with Crippen LogP contribution in [0.25, 0.3) is 0 Å². The number of hydrazone groups is 1. The van der Waals surface area contributed by atoms with Crippen molar-refractivity contribution in [3.05, 3.63) is 12.0 Å². The van der Waals surface area contributed by atoms with Crippen molar-refractivity contribution in [1.29, 1.82) is 0 Å². The topological polar surface area (TPSA) is 24.4 Å². The first-order valence-corrected chi connectivity index (χ1v) is 2.80. The summed E-state index contributed by atoms with van der Waals surface area (Å²) in [6, 6.07) is 0. The lowest BCUT2D eigenvalue weighted by Gasteiger charge is -1.80. The van der Waals surface area contributed by atoms with Crippen LogP contribution >= 0.6 is 11.8 Å². The molecule has 7 heavy (non-hydrogen) atoms. The van der Waals surface area contributed by atoms with Gasteiger partial charge in [-0.25, -0.2) is 0 Å². The highest BCUT2D eigenvalue weighted by atomic mass is 32.2. The molecule has 0 heterocycles. The largest absolute Gasteiger partial charge is 0.313 e. The lowest BCUT2D eigenvalue weighted by atomic mass is 11.3. The van der Waals surface area contributed by atoms with E-state index in [1.54, 1.807) is 18.0 Å². The molecule has 0 fully saturated rings. The minimum atomic E-state index is 1.44. The molecule has 0 bridgehead atoms. The van der Waals surface area contributed by atoms with Gasteiger partial charge in [0.1, 0.15) is 0 Å². The van der Waals surface area contributed by atoms with E-state index < -0.39 is 0 Å². The van der Waals surface area contributed by atoms with Crippen molar-refractivity contribution in [2.75, 3.05) is 7.05 Å². The van der Waals surface area contributed by atoms with Crippen LogP contribution in [0.5, 0.6) is 0 Å². The lowest BCUT2D eigenvalue weighted by Crippen LogP contribution is -1.90. The summed E-state index contributed by atoms with van der Waals surface area (Å²) < 4.78 is 0. The van der Waals surface area contributed by atoms with Gasteiger partial charge < -0.3 is 5.43 Å². The fourth-order valence-electron chi connectivity index (χ4n) is 0.126. The van der Waals surface area contributed by atoms with Gasteiger partial charge in [-0.05, 0) is 5.41 Å². The molecular weight excluding hydrogens is 108 g/mol. The van der Waals surface area contributed by atoms with E-state index in [0.717, 1.165) is 0 Å². The second-order valence-corrected chi connectivity index (χ2v) is 1.58. The second kappa shape index (κ2) is 5.56. The standard InChI is InChI=1S/C4H8N2S/c1-3-7-4-6-5-2/h3-5H,1H2,2H3. The van der Waals surface area contributed by atoms with Gasteiger partial charge in [0.05, 0.1) is 5.55 Å². The zero-order chi connectivity index (χ0) is 5.54. The van der Waals surface area contributed by atoms with Crippen molar-refractivity contribution in [1.82, 2.24) is 5.43 Å². The summed E-state index contributed by atoms with van der Waals surface area (Å²) in [5.41, 5.74) is 4.28. The second-order valence-electron chi connectivity index (χ2n) is 0.761. The van der Waals surface area contributed by atoms with Crippen molar-refractivity contribution in [3.8, 4) is 0 Å². The maximum Gasteiger partial charge on any atom is 0.0838 e. The average molecular weight is 116 g/mol. The van der Waals surface area contributed by atoms with Crippen LogP contribution in [-0.4, -0.2) is 12.6 Å². The summed E-state index contributed by atoms with van der Waals surface area (Å²) in [6.07, 6.45) is 0. The van der Waals surface area contributed by atoms with Crippen LogP contribution in [0.4, 0.5) is 0 Å². The first kappa shape index (κ1) is 6.56. The third-order valence-corrected chi connectivity index (χ3v) is 0.758. The number of thioether (sulfide) groups is 1. The Hall–Kier alpha value is -0.440. The highest BCUT2D eigenvalue weighted by Crippen LogP contribution is 1.90. The van der Waals surface area contributed by atoms with Gasteiger partial charge in [0.25, 0.3) is 0 Å². The first-order chi connectivity index (χ1) is 3.41. The number of hydrogen-bond donors (Lipinski definition) is 1. The van der Waals surface area contributed by atoms with Crippen LogP contribution in [0.1, 0.15) is 0 Å². The van der Waals surface area contributed by atoms with Crippen LogP contribution in [-0.2, 0) is 0 Å². The summed E-state index contributed by atoms with van der Waals surface area (Å²) >= 11 is 1.44. The van der Waals surface area contributed by atoms with E-state index in [0.29, 0.717) is 0 Å². The molecule has 0 spiro atoms. The van der Waals surface area contributed by atoms with Crippen LogP contribution < -0.4 is 5.43 Å². The van der Waals surface area contributed by atoms with Gasteiger partial charge in [0.15, 0.2) is 0 Å². The van der Waals surface area contributed by atoms with Crippen molar-refractivity contribution < 1.29 is 0 Å². The van der Waals surface area contributed by atoms with Crippen molar-refractivity contribution in [2.45, 2.75) is 0 Å². The van der Waals surface area contributed by atoms with E-state index in [9.17, 15) is 0 Å². The zero-order valence-corrected chi connectivity index (χ0v) is 5.03. The van der Waals surface area contributed by atoms with E-state index in [1.807, 2.05) is 0 Å². The monoisotopic (exact) mass is 116 g/mol. The van der Waals surface area contributed by atoms with Crippen molar-refractivity contribution >= 4 is 17.3 Å². The molecule has 0 aromatic heterocycles. The van der Waals surface area contributed by atoms with E-state index in [4.69, 9.17) is 0 Å². The highest BCUT2D eigenvalue weighted by molar-refractivity contribution is 8.14. The zero-order valence-electron chi connectivity index (χ0n) is 4.22. The maximum atomic E-state index is 3.68. The predicted octanol–water partition coefficient (Wildman–Crippen LogP) is 1.03. The molecule has 3 heteroatoms. The van der Waals surface area contributed by atoms with Gasteiger partial charge >= 0.3 is 0 Å². The fourth-order valence-corrected chi connectivity index (χ4v) is 0.379. The molecule has 0 amide bonds. The Morgan fingerprint density at radius 2 is 2.57 bits per heavy atom. The smallest absolute Gasteiger partial charge is 0.0838 e. The van der Waals surface area contributed by atoms with Crippen LogP contribution in [0.2, 0.25) is 0 Å². The number of nitrogens with one attached hydrogen (secondary N) is 1. The molecule has 0 aliphatic rings. The number of hydrogen-bond acceptors (Lipinski definition) is 3. The number of rotatable bonds is 3. The van der Waals surface area contributed by atoms with E-state index in [-0.39, 0.29) is 0 Å². The molecule has 0 rings (SSSR count). The molecule has 0 atom stereocenters. The van der Waals surface area contributed by atoms with Crippen molar-refractivity contribution in [2.24, 2.45) is 5.10 Å². The first-order valence-electron chi connectivity index (χ1n) is 1.86. The molecule has 0 unspecified atom stereocenters. The fraction of sp³-hybridized carbons (Fsp3) is 0.250. The quantitative estimate of drug-likeness (QED) is 0.338. The third-order valence-electron chi connectivity index (χ3n) is 0.339. The predicted molar refractivity (Wildman–Crippen MR) is 35.3 cm³/mol. The van der Waals surface area contributed by atoms with Gasteiger partial charge in [-0.2, -0.15) is 5.10 Å². The molecular formula is C4H8N2S. The van der Waals surface area contributed by atoms with Crippen LogP contribution in [0, 0.1) is 0 Å². The van der Waals surface area contributed by atoms with Gasteiger partial charge in [-0.1, -0.05) is 18.3 Å². The average Bonchev–Trinajstić information content (AvgIpc) is 1.69. The Kier molecular flexibility index (Phi) is 5.21. The maximum absolute atomic E-state index is 3.68. The molecule has 40 valence electrons. The summed E-state index contributed by atoms with van der Waals surface area (Å²) in [5.74, 6) is 0. The molecule has 2 nitrogen and oxygen atoms in total. The highest BCUT2D eigenvalue weighted by Gasteiger charge is 1.62. The molecule has 0 aliphatic carbocycles. The molecule has 0 saturated heterocycles. The van der Waals surface area contributed by atoms with E-state index in [2.05, 4.69) is 17.1 Å². The summed E-state index contributed by atoms with van der Waals surface area (Å²) in [7, 11) is 1.75.